The van der Waals surface area contributed by atoms with Crippen molar-refractivity contribution in [1.29, 1.82) is 5.26 Å². The highest BCUT2D eigenvalue weighted by atomic mass is 16.5. The Morgan fingerprint density at radius 3 is 2.61 bits per heavy atom. The van der Waals surface area contributed by atoms with E-state index in [4.69, 9.17) is 19.4 Å². The number of ether oxygens (including phenoxy) is 2. The molecule has 2 aliphatic heterocycles. The predicted molar refractivity (Wildman–Crippen MR) is 117 cm³/mol. The van der Waals surface area contributed by atoms with Crippen molar-refractivity contribution in [2.24, 2.45) is 0 Å². The first-order chi connectivity index (χ1) is 15.2. The minimum absolute atomic E-state index is 0.241. The molecule has 0 bridgehead atoms. The van der Waals surface area contributed by atoms with Gasteiger partial charge < -0.3 is 24.7 Å². The second kappa shape index (κ2) is 8.49. The van der Waals surface area contributed by atoms with E-state index in [2.05, 4.69) is 26.3 Å². The second-order valence-corrected chi connectivity index (χ2v) is 7.88. The zero-order chi connectivity index (χ0) is 21.2. The van der Waals surface area contributed by atoms with Crippen LogP contribution in [0.5, 0.6) is 0 Å². The number of hydrogen-bond donors (Lipinski definition) is 2. The van der Waals surface area contributed by atoms with Gasteiger partial charge in [0.2, 0.25) is 5.95 Å². The molecule has 2 aliphatic rings. The molecule has 5 rings (SSSR count). The van der Waals surface area contributed by atoms with Gasteiger partial charge in [0.05, 0.1) is 41.2 Å². The monoisotopic (exact) mass is 419 g/mol. The molecule has 0 amide bonds. The maximum atomic E-state index is 9.54. The number of aryl methyl sites for hydroxylation is 1. The van der Waals surface area contributed by atoms with E-state index >= 15 is 0 Å². The van der Waals surface area contributed by atoms with E-state index in [9.17, 15) is 5.26 Å². The number of anilines is 3. The maximum absolute atomic E-state index is 9.54. The topological polar surface area (TPSA) is 112 Å². The maximum Gasteiger partial charge on any atom is 0.229 e. The molecule has 2 saturated heterocycles. The third-order valence-corrected chi connectivity index (χ3v) is 5.94. The third kappa shape index (κ3) is 3.92. The molecule has 3 aromatic heterocycles. The van der Waals surface area contributed by atoms with E-state index in [0.717, 1.165) is 67.4 Å². The zero-order valence-electron chi connectivity index (χ0n) is 17.5. The van der Waals surface area contributed by atoms with Crippen molar-refractivity contribution in [1.82, 2.24) is 19.9 Å². The fraction of sp³-hybridized carbons (Fsp3) is 0.455. The number of morpholine rings is 1. The van der Waals surface area contributed by atoms with Gasteiger partial charge in [-0.25, -0.2) is 9.97 Å². The first-order valence-corrected chi connectivity index (χ1v) is 10.7. The molecule has 0 saturated carbocycles. The number of nitrogens with one attached hydrogen (secondary N) is 2. The summed E-state index contributed by atoms with van der Waals surface area (Å²) in [6.07, 6.45) is 3.47. The quantitative estimate of drug-likeness (QED) is 0.664. The van der Waals surface area contributed by atoms with Gasteiger partial charge in [0.15, 0.2) is 0 Å². The average molecular weight is 419 g/mol. The van der Waals surface area contributed by atoms with E-state index in [-0.39, 0.29) is 5.92 Å². The fourth-order valence-electron chi connectivity index (χ4n) is 4.24. The minimum Gasteiger partial charge on any atom is -0.381 e. The normalized spacial score (nSPS) is 17.6. The number of H-pyrrole nitrogens is 1. The number of nitriles is 1. The van der Waals surface area contributed by atoms with Gasteiger partial charge in [-0.05, 0) is 31.9 Å². The molecular weight excluding hydrogens is 394 g/mol. The van der Waals surface area contributed by atoms with E-state index in [1.807, 2.05) is 19.1 Å². The molecule has 2 N–H and O–H groups in total. The summed E-state index contributed by atoms with van der Waals surface area (Å²) in [7, 11) is 0. The summed E-state index contributed by atoms with van der Waals surface area (Å²) in [5.74, 6) is 1.70. The highest BCUT2D eigenvalue weighted by molar-refractivity contribution is 5.86. The Bertz CT molecular complexity index is 1120. The summed E-state index contributed by atoms with van der Waals surface area (Å²) in [5.41, 5.74) is 3.90. The highest BCUT2D eigenvalue weighted by Crippen LogP contribution is 2.33. The summed E-state index contributed by atoms with van der Waals surface area (Å²) >= 11 is 0. The van der Waals surface area contributed by atoms with Gasteiger partial charge in [0, 0.05) is 38.4 Å². The van der Waals surface area contributed by atoms with E-state index in [1.165, 1.54) is 0 Å². The number of nitrogens with zero attached hydrogens (tertiary/aromatic N) is 5. The van der Waals surface area contributed by atoms with Crippen LogP contribution in [0.4, 0.5) is 17.5 Å². The largest absolute Gasteiger partial charge is 0.381 e. The number of hydrogen-bond acceptors (Lipinski definition) is 8. The number of pyridine rings is 1. The van der Waals surface area contributed by atoms with Crippen LogP contribution in [-0.4, -0.2) is 59.5 Å². The Hall–Kier alpha value is -3.22. The molecule has 0 spiro atoms. The van der Waals surface area contributed by atoms with Crippen LogP contribution < -0.4 is 10.2 Å². The standard InChI is InChI=1S/C22H25N7O2/c1-14-17(2-3-18(25-14)29-6-10-31-11-7-29)26-22-27-20(15-4-8-30-9-5-15)19-16(12-23)13-24-21(19)28-22/h2-3,13,15H,4-11H2,1H3,(H2,24,26,27,28). The lowest BCUT2D eigenvalue weighted by Crippen LogP contribution is -2.36. The zero-order valence-corrected chi connectivity index (χ0v) is 17.5. The summed E-state index contributed by atoms with van der Waals surface area (Å²) in [6, 6.07) is 6.29. The lowest BCUT2D eigenvalue weighted by Gasteiger charge is -2.28. The molecule has 3 aromatic rings. The first kappa shape index (κ1) is 19.7. The Balaban J connectivity index is 1.47. The summed E-state index contributed by atoms with van der Waals surface area (Å²) in [4.78, 5) is 19.6. The molecule has 0 unspecified atom stereocenters. The van der Waals surface area contributed by atoms with Crippen molar-refractivity contribution in [3.05, 3.63) is 35.3 Å². The van der Waals surface area contributed by atoms with Crippen molar-refractivity contribution in [2.45, 2.75) is 25.7 Å². The molecule has 0 aliphatic carbocycles. The van der Waals surface area contributed by atoms with Gasteiger partial charge in [0.1, 0.15) is 17.5 Å². The van der Waals surface area contributed by atoms with Crippen LogP contribution >= 0.6 is 0 Å². The average Bonchev–Trinajstić information content (AvgIpc) is 3.24. The van der Waals surface area contributed by atoms with Crippen molar-refractivity contribution in [3.63, 3.8) is 0 Å². The number of aromatic amines is 1. The summed E-state index contributed by atoms with van der Waals surface area (Å²) < 4.78 is 11.0. The number of fused-ring (bicyclic) bond motifs is 1. The molecule has 9 nitrogen and oxygen atoms in total. The van der Waals surface area contributed by atoms with Gasteiger partial charge in [0.25, 0.3) is 0 Å². The molecule has 9 heteroatoms. The van der Waals surface area contributed by atoms with Crippen molar-refractivity contribution in [3.8, 4) is 6.07 Å². The number of aromatic nitrogens is 4. The van der Waals surface area contributed by atoms with Crippen molar-refractivity contribution >= 4 is 28.5 Å². The van der Waals surface area contributed by atoms with Crippen LogP contribution in [0.1, 0.15) is 35.7 Å². The van der Waals surface area contributed by atoms with Gasteiger partial charge in [-0.3, -0.25) is 0 Å². The van der Waals surface area contributed by atoms with E-state index in [1.54, 1.807) is 6.20 Å². The van der Waals surface area contributed by atoms with Gasteiger partial charge in [-0.2, -0.15) is 10.2 Å². The van der Waals surface area contributed by atoms with Crippen LogP contribution in [-0.2, 0) is 9.47 Å². The molecule has 0 aromatic carbocycles. The van der Waals surface area contributed by atoms with Crippen LogP contribution in [0.3, 0.4) is 0 Å². The molecule has 0 radical (unpaired) electrons. The molecule has 5 heterocycles. The lowest BCUT2D eigenvalue weighted by molar-refractivity contribution is 0.0848. The van der Waals surface area contributed by atoms with E-state index in [0.29, 0.717) is 30.4 Å². The molecule has 0 atom stereocenters. The van der Waals surface area contributed by atoms with Crippen LogP contribution in [0.25, 0.3) is 11.0 Å². The predicted octanol–water partition coefficient (Wildman–Crippen LogP) is 3.01. The number of rotatable bonds is 4. The SMILES string of the molecule is Cc1nc(N2CCOCC2)ccc1Nc1nc(C2CCOCC2)c2c(C#N)c[nH]c2n1. The lowest BCUT2D eigenvalue weighted by atomic mass is 9.93. The van der Waals surface area contributed by atoms with E-state index < -0.39 is 0 Å². The highest BCUT2D eigenvalue weighted by Gasteiger charge is 2.24. The molecular formula is C22H25N7O2. The van der Waals surface area contributed by atoms with Gasteiger partial charge in [-0.15, -0.1) is 0 Å². The smallest absolute Gasteiger partial charge is 0.229 e. The summed E-state index contributed by atoms with van der Waals surface area (Å²) in [6.45, 7) is 6.54. The third-order valence-electron chi connectivity index (χ3n) is 5.94. The molecule has 2 fully saturated rings. The van der Waals surface area contributed by atoms with Crippen molar-refractivity contribution in [2.75, 3.05) is 49.7 Å². The first-order valence-electron chi connectivity index (χ1n) is 10.7. The molecule has 31 heavy (non-hydrogen) atoms. The van der Waals surface area contributed by atoms with Crippen LogP contribution in [0.15, 0.2) is 18.3 Å². The van der Waals surface area contributed by atoms with Gasteiger partial charge >= 0.3 is 0 Å². The minimum atomic E-state index is 0.241. The van der Waals surface area contributed by atoms with Crippen LogP contribution in [0, 0.1) is 18.3 Å². The molecule has 160 valence electrons. The second-order valence-electron chi connectivity index (χ2n) is 7.88. The Morgan fingerprint density at radius 2 is 1.87 bits per heavy atom. The fourth-order valence-corrected chi connectivity index (χ4v) is 4.24. The van der Waals surface area contributed by atoms with Crippen molar-refractivity contribution < 1.29 is 9.47 Å². The Morgan fingerprint density at radius 1 is 1.10 bits per heavy atom. The Labute approximate surface area is 180 Å². The van der Waals surface area contributed by atoms with Crippen LogP contribution in [0.2, 0.25) is 0 Å². The van der Waals surface area contributed by atoms with Gasteiger partial charge in [-0.1, -0.05) is 0 Å². The summed E-state index contributed by atoms with van der Waals surface area (Å²) in [5, 5.41) is 13.7. The Kier molecular flexibility index (Phi) is 5.40.